The van der Waals surface area contributed by atoms with Gasteiger partial charge in [0, 0.05) is 11.6 Å². The van der Waals surface area contributed by atoms with Gasteiger partial charge in [-0.15, -0.1) is 12.4 Å². The topological polar surface area (TPSA) is 119 Å². The lowest BCUT2D eigenvalue weighted by Gasteiger charge is -2.20. The van der Waals surface area contributed by atoms with Gasteiger partial charge in [0.1, 0.15) is 0 Å². The molecule has 0 aliphatic carbocycles. The van der Waals surface area contributed by atoms with Crippen molar-refractivity contribution < 1.29 is 19.9 Å². The third kappa shape index (κ3) is 3.96. The third-order valence-electron chi connectivity index (χ3n) is 2.88. The highest BCUT2D eigenvalue weighted by atomic mass is 35.5. The largest absolute Gasteiger partial charge is 0.504 e. The van der Waals surface area contributed by atoms with Crippen LogP contribution in [0.25, 0.3) is 0 Å². The summed E-state index contributed by atoms with van der Waals surface area (Å²) in [4.78, 5) is 10.2. The van der Waals surface area contributed by atoms with Crippen LogP contribution in [0.2, 0.25) is 0 Å². The molecule has 0 aromatic heterocycles. The molecule has 0 unspecified atom stereocenters. The molecule has 0 spiro atoms. The van der Waals surface area contributed by atoms with Crippen molar-refractivity contribution in [3.05, 3.63) is 27.8 Å². The molecule has 20 heavy (non-hydrogen) atoms. The molecular weight excluding hydrogens is 288 g/mol. The van der Waals surface area contributed by atoms with Gasteiger partial charge in [-0.1, -0.05) is 13.3 Å². The Morgan fingerprint density at radius 3 is 2.55 bits per heavy atom. The maximum absolute atomic E-state index is 10.8. The fourth-order valence-electron chi connectivity index (χ4n) is 1.81. The van der Waals surface area contributed by atoms with Gasteiger partial charge in [-0.05, 0) is 6.42 Å². The van der Waals surface area contributed by atoms with Gasteiger partial charge >= 0.3 is 0 Å². The van der Waals surface area contributed by atoms with E-state index in [1.54, 1.807) is 0 Å². The first kappa shape index (κ1) is 18.4. The fourth-order valence-corrected chi connectivity index (χ4v) is 1.81. The average Bonchev–Trinajstić information content (AvgIpc) is 2.38. The first-order valence-electron chi connectivity index (χ1n) is 5.91. The summed E-state index contributed by atoms with van der Waals surface area (Å²) in [5.41, 5.74) is 5.69. The van der Waals surface area contributed by atoms with E-state index in [-0.39, 0.29) is 35.2 Å². The molecule has 0 heterocycles. The van der Waals surface area contributed by atoms with E-state index >= 15 is 0 Å². The zero-order valence-electron chi connectivity index (χ0n) is 11.3. The van der Waals surface area contributed by atoms with Crippen LogP contribution in [-0.4, -0.2) is 28.4 Å². The summed E-state index contributed by atoms with van der Waals surface area (Å²) >= 11 is 0. The van der Waals surface area contributed by atoms with Crippen molar-refractivity contribution in [1.29, 1.82) is 0 Å². The van der Waals surface area contributed by atoms with E-state index in [0.717, 1.165) is 12.1 Å². The van der Waals surface area contributed by atoms with Crippen molar-refractivity contribution >= 4 is 18.1 Å². The number of nitrogens with zero attached hydrogens (tertiary/aromatic N) is 1. The van der Waals surface area contributed by atoms with Crippen LogP contribution in [0.1, 0.15) is 31.4 Å². The molecule has 0 saturated heterocycles. The van der Waals surface area contributed by atoms with E-state index in [1.165, 1.54) is 7.11 Å². The number of nitro benzene ring substituents is 1. The summed E-state index contributed by atoms with van der Waals surface area (Å²) in [5, 5.41) is 30.6. The van der Waals surface area contributed by atoms with Gasteiger partial charge in [-0.3, -0.25) is 10.1 Å². The van der Waals surface area contributed by atoms with Gasteiger partial charge in [0.2, 0.25) is 0 Å². The highest BCUT2D eigenvalue weighted by Gasteiger charge is 2.25. The molecule has 8 heteroatoms. The number of methoxy groups -OCH3 is 1. The number of rotatable bonds is 6. The Bertz CT molecular complexity index is 469. The molecule has 4 N–H and O–H groups in total. The van der Waals surface area contributed by atoms with Crippen molar-refractivity contribution in [2.45, 2.75) is 31.9 Å². The number of phenolic OH excluding ortho intramolecular Hbond substituents is 1. The van der Waals surface area contributed by atoms with Gasteiger partial charge in [0.15, 0.2) is 11.5 Å². The number of aliphatic hydroxyl groups excluding tert-OH is 1. The molecule has 1 rings (SSSR count). The number of hydrogen-bond acceptors (Lipinski definition) is 6. The Morgan fingerprint density at radius 1 is 1.50 bits per heavy atom. The zero-order chi connectivity index (χ0) is 14.6. The molecule has 0 bridgehead atoms. The molecule has 114 valence electrons. The van der Waals surface area contributed by atoms with Crippen molar-refractivity contribution in [3.63, 3.8) is 0 Å². The number of benzene rings is 1. The van der Waals surface area contributed by atoms with Crippen LogP contribution in [-0.2, 0) is 0 Å². The van der Waals surface area contributed by atoms with Crippen LogP contribution in [0.15, 0.2) is 12.1 Å². The summed E-state index contributed by atoms with van der Waals surface area (Å²) in [6.07, 6.45) is 0.260. The minimum absolute atomic E-state index is 0. The molecule has 1 aromatic rings. The van der Waals surface area contributed by atoms with Crippen LogP contribution >= 0.6 is 12.4 Å². The lowest BCUT2D eigenvalue weighted by atomic mass is 9.97. The van der Waals surface area contributed by atoms with Gasteiger partial charge in [0.05, 0.1) is 30.2 Å². The van der Waals surface area contributed by atoms with E-state index in [2.05, 4.69) is 0 Å². The van der Waals surface area contributed by atoms with Gasteiger partial charge < -0.3 is 20.7 Å². The van der Waals surface area contributed by atoms with Crippen LogP contribution < -0.4 is 10.5 Å². The number of ether oxygens (including phenoxy) is 1. The van der Waals surface area contributed by atoms with Crippen LogP contribution in [0, 0.1) is 10.1 Å². The van der Waals surface area contributed by atoms with Crippen molar-refractivity contribution in [3.8, 4) is 11.5 Å². The highest BCUT2D eigenvalue weighted by Crippen LogP contribution is 2.38. The minimum Gasteiger partial charge on any atom is -0.504 e. The molecule has 7 nitrogen and oxygen atoms in total. The quantitative estimate of drug-likeness (QED) is 0.545. The van der Waals surface area contributed by atoms with E-state index in [9.17, 15) is 20.3 Å². The molecule has 1 aromatic carbocycles. The number of non-ortho nitro benzene ring substituents is 1. The lowest BCUT2D eigenvalue weighted by Crippen LogP contribution is -2.26. The number of nitro groups is 1. The zero-order valence-corrected chi connectivity index (χ0v) is 12.1. The van der Waals surface area contributed by atoms with E-state index in [0.29, 0.717) is 12.8 Å². The second-order valence-corrected chi connectivity index (χ2v) is 4.22. The molecule has 2 atom stereocenters. The number of aliphatic hydroxyl groups is 1. The summed E-state index contributed by atoms with van der Waals surface area (Å²) in [7, 11) is 1.29. The summed E-state index contributed by atoms with van der Waals surface area (Å²) in [6, 6.07) is 1.35. The van der Waals surface area contributed by atoms with E-state index in [1.807, 2.05) is 6.92 Å². The predicted octanol–water partition coefficient (Wildman–Crippen LogP) is 1.89. The lowest BCUT2D eigenvalue weighted by molar-refractivity contribution is -0.385. The Balaban J connectivity index is 0.00000361. The van der Waals surface area contributed by atoms with Crippen LogP contribution in [0.5, 0.6) is 11.5 Å². The number of phenols is 1. The van der Waals surface area contributed by atoms with Crippen LogP contribution in [0.4, 0.5) is 5.69 Å². The Labute approximate surface area is 122 Å². The van der Waals surface area contributed by atoms with Crippen molar-refractivity contribution in [2.24, 2.45) is 5.73 Å². The van der Waals surface area contributed by atoms with Gasteiger partial charge in [0.25, 0.3) is 5.69 Å². The third-order valence-corrected chi connectivity index (χ3v) is 2.88. The average molecular weight is 307 g/mol. The molecule has 0 aliphatic heterocycles. The second kappa shape index (κ2) is 7.88. The SMILES string of the molecule is CCC[C@H](O)[C@H](N)c1cc([N+](=O)[O-])cc(OC)c1O.Cl. The smallest absolute Gasteiger partial charge is 0.273 e. The molecule has 0 saturated carbocycles. The standard InChI is InChI=1S/C12H18N2O5.ClH/c1-3-4-9(15)11(13)8-5-7(14(17)18)6-10(19-2)12(8)16;/h5-6,9,11,15-16H,3-4,13H2,1-2H3;1H/t9-,11+;/m0./s1. The highest BCUT2D eigenvalue weighted by molar-refractivity contribution is 5.85. The minimum atomic E-state index is -0.909. The van der Waals surface area contributed by atoms with E-state index in [4.69, 9.17) is 10.5 Å². The fraction of sp³-hybridized carbons (Fsp3) is 0.500. The molecule has 0 radical (unpaired) electrons. The number of halogens is 1. The summed E-state index contributed by atoms with van der Waals surface area (Å²) < 4.78 is 4.87. The number of aromatic hydroxyl groups is 1. The first-order valence-corrected chi connectivity index (χ1v) is 5.91. The second-order valence-electron chi connectivity index (χ2n) is 4.22. The predicted molar refractivity (Wildman–Crippen MR) is 76.4 cm³/mol. The Kier molecular flexibility index (Phi) is 7.26. The molecular formula is C12H19ClN2O5. The monoisotopic (exact) mass is 306 g/mol. The first-order chi connectivity index (χ1) is 8.92. The summed E-state index contributed by atoms with van der Waals surface area (Å²) in [6.45, 7) is 1.88. The van der Waals surface area contributed by atoms with Crippen molar-refractivity contribution in [2.75, 3.05) is 7.11 Å². The maximum Gasteiger partial charge on any atom is 0.273 e. The molecule has 0 fully saturated rings. The molecule has 0 aliphatic rings. The summed E-state index contributed by atoms with van der Waals surface area (Å²) in [5.74, 6) is -0.320. The van der Waals surface area contributed by atoms with Crippen LogP contribution in [0.3, 0.4) is 0 Å². The van der Waals surface area contributed by atoms with Gasteiger partial charge in [-0.25, -0.2) is 0 Å². The Hall–Kier alpha value is -1.57. The Morgan fingerprint density at radius 2 is 2.10 bits per heavy atom. The van der Waals surface area contributed by atoms with Crippen molar-refractivity contribution in [1.82, 2.24) is 0 Å². The van der Waals surface area contributed by atoms with E-state index < -0.39 is 17.1 Å². The number of hydrogen-bond donors (Lipinski definition) is 3. The van der Waals surface area contributed by atoms with Gasteiger partial charge in [-0.2, -0.15) is 0 Å². The normalized spacial score (nSPS) is 13.2. The number of nitrogens with two attached hydrogens (primary N) is 1. The molecule has 0 amide bonds. The maximum atomic E-state index is 10.8.